The molecule has 2 aromatic rings. The number of methoxy groups -OCH3 is 1. The first-order chi connectivity index (χ1) is 10.9. The first-order valence-electron chi connectivity index (χ1n) is 7.57. The summed E-state index contributed by atoms with van der Waals surface area (Å²) < 4.78 is 12.5. The van der Waals surface area contributed by atoms with Crippen molar-refractivity contribution in [2.24, 2.45) is 5.41 Å². The van der Waals surface area contributed by atoms with Crippen LogP contribution < -0.4 is 9.47 Å². The molecule has 0 saturated carbocycles. The number of Topliss-reactive ketones (excluding diaryl/α,β-unsaturated/α-hetero) is 1. The van der Waals surface area contributed by atoms with Crippen LogP contribution in [0.1, 0.15) is 33.2 Å². The van der Waals surface area contributed by atoms with Crippen molar-refractivity contribution in [1.29, 1.82) is 0 Å². The Hall–Kier alpha value is -2.37. The summed E-state index contributed by atoms with van der Waals surface area (Å²) >= 11 is 0. The molecule has 0 bridgehead atoms. The van der Waals surface area contributed by atoms with Gasteiger partial charge in [-0.2, -0.15) is 5.10 Å². The minimum Gasteiger partial charge on any atom is -0.497 e. The molecule has 1 aromatic heterocycles. The third kappa shape index (κ3) is 4.55. The molecule has 0 amide bonds. The van der Waals surface area contributed by atoms with E-state index >= 15 is 0 Å². The minimum absolute atomic E-state index is 0.109. The van der Waals surface area contributed by atoms with Gasteiger partial charge in [-0.1, -0.05) is 26.8 Å². The summed E-state index contributed by atoms with van der Waals surface area (Å²) in [6.45, 7) is 6.12. The van der Waals surface area contributed by atoms with Gasteiger partial charge in [-0.15, -0.1) is 0 Å². The number of ketones is 1. The molecule has 1 atom stereocenters. The molecule has 1 unspecified atom stereocenters. The molecule has 0 aliphatic rings. The Morgan fingerprint density at radius 2 is 2.04 bits per heavy atom. The number of benzene rings is 1. The molecule has 0 radical (unpaired) electrons. The van der Waals surface area contributed by atoms with Crippen molar-refractivity contribution in [2.45, 2.75) is 33.2 Å². The van der Waals surface area contributed by atoms with Crippen LogP contribution in [0.5, 0.6) is 11.5 Å². The molecule has 2 rings (SSSR count). The van der Waals surface area contributed by atoms with Crippen LogP contribution in [0.2, 0.25) is 0 Å². The van der Waals surface area contributed by atoms with Crippen LogP contribution in [0.3, 0.4) is 0 Å². The van der Waals surface area contributed by atoms with E-state index in [2.05, 4.69) is 10.1 Å². The highest BCUT2D eigenvalue weighted by molar-refractivity contribution is 5.87. The summed E-state index contributed by atoms with van der Waals surface area (Å²) in [5.41, 5.74) is -0.452. The number of aromatic nitrogens is 3. The number of rotatable bonds is 7. The lowest BCUT2D eigenvalue weighted by atomic mass is 9.85. The lowest BCUT2D eigenvalue weighted by molar-refractivity contribution is -0.130. The molecule has 1 aromatic carbocycles. The number of hydrogen-bond donors (Lipinski definition) is 0. The van der Waals surface area contributed by atoms with Gasteiger partial charge in [0.15, 0.2) is 5.78 Å². The van der Waals surface area contributed by atoms with Crippen molar-refractivity contribution >= 4 is 5.78 Å². The van der Waals surface area contributed by atoms with Gasteiger partial charge in [0.25, 0.3) is 0 Å². The molecule has 0 N–H and O–H groups in total. The molecule has 0 aliphatic heterocycles. The highest BCUT2D eigenvalue weighted by Crippen LogP contribution is 2.26. The first-order valence-corrected chi connectivity index (χ1v) is 7.57. The van der Waals surface area contributed by atoms with Gasteiger partial charge >= 0.3 is 0 Å². The Kier molecular flexibility index (Phi) is 5.36. The van der Waals surface area contributed by atoms with Crippen molar-refractivity contribution in [3.05, 3.63) is 36.9 Å². The lowest BCUT2D eigenvalue weighted by Gasteiger charge is -2.24. The van der Waals surface area contributed by atoms with Gasteiger partial charge in [-0.25, -0.2) is 9.67 Å². The zero-order chi connectivity index (χ0) is 16.9. The molecule has 0 fully saturated rings. The maximum atomic E-state index is 12.6. The summed E-state index contributed by atoms with van der Waals surface area (Å²) in [4.78, 5) is 16.6. The predicted molar refractivity (Wildman–Crippen MR) is 86.6 cm³/mol. The normalized spacial score (nSPS) is 12.7. The maximum absolute atomic E-state index is 12.6. The maximum Gasteiger partial charge on any atom is 0.162 e. The van der Waals surface area contributed by atoms with E-state index in [0.29, 0.717) is 18.8 Å². The molecule has 6 heteroatoms. The third-order valence-electron chi connectivity index (χ3n) is 3.50. The standard InChI is InChI=1S/C17H23N3O3/c1-17(2,3)16(21)15(20-12-18-11-19-20)8-9-23-14-7-5-6-13(10-14)22-4/h5-7,10-12,15H,8-9H2,1-4H3. The van der Waals surface area contributed by atoms with Crippen molar-refractivity contribution in [3.63, 3.8) is 0 Å². The Balaban J connectivity index is 2.03. The Bertz CT molecular complexity index is 633. The number of carbonyl (C=O) groups is 1. The molecule has 6 nitrogen and oxygen atoms in total. The Morgan fingerprint density at radius 1 is 1.30 bits per heavy atom. The van der Waals surface area contributed by atoms with Crippen LogP contribution in [0.4, 0.5) is 0 Å². The summed E-state index contributed by atoms with van der Waals surface area (Å²) in [6.07, 6.45) is 3.53. The van der Waals surface area contributed by atoms with Crippen molar-refractivity contribution in [2.75, 3.05) is 13.7 Å². The SMILES string of the molecule is COc1cccc(OCCC(C(=O)C(C)(C)C)n2cncn2)c1. The molecule has 23 heavy (non-hydrogen) atoms. The van der Waals surface area contributed by atoms with Crippen LogP contribution in [-0.4, -0.2) is 34.3 Å². The summed E-state index contributed by atoms with van der Waals surface area (Å²) in [5, 5.41) is 4.11. The van der Waals surface area contributed by atoms with Crippen molar-refractivity contribution in [3.8, 4) is 11.5 Å². The molecule has 124 valence electrons. The predicted octanol–water partition coefficient (Wildman–Crippen LogP) is 2.91. The number of hydrogen-bond acceptors (Lipinski definition) is 5. The quantitative estimate of drug-likeness (QED) is 0.785. The van der Waals surface area contributed by atoms with Gasteiger partial charge in [0.1, 0.15) is 30.2 Å². The van der Waals surface area contributed by atoms with Crippen LogP contribution in [-0.2, 0) is 4.79 Å². The van der Waals surface area contributed by atoms with E-state index in [4.69, 9.17) is 9.47 Å². The highest BCUT2D eigenvalue weighted by atomic mass is 16.5. The van der Waals surface area contributed by atoms with Crippen LogP contribution in [0.15, 0.2) is 36.9 Å². The van der Waals surface area contributed by atoms with Crippen LogP contribution in [0, 0.1) is 5.41 Å². The lowest BCUT2D eigenvalue weighted by Crippen LogP contribution is -2.32. The molecule has 0 saturated heterocycles. The molecular formula is C17H23N3O3. The van der Waals surface area contributed by atoms with Crippen molar-refractivity contribution < 1.29 is 14.3 Å². The minimum atomic E-state index is -0.452. The van der Waals surface area contributed by atoms with Gasteiger partial charge < -0.3 is 9.47 Å². The number of nitrogens with zero attached hydrogens (tertiary/aromatic N) is 3. The van der Waals surface area contributed by atoms with E-state index in [9.17, 15) is 4.79 Å². The number of ether oxygens (including phenoxy) is 2. The summed E-state index contributed by atoms with van der Waals surface area (Å²) in [5.74, 6) is 1.56. The Labute approximate surface area is 136 Å². The van der Waals surface area contributed by atoms with Gasteiger partial charge in [0, 0.05) is 17.9 Å². The molecule has 1 heterocycles. The zero-order valence-corrected chi connectivity index (χ0v) is 14.0. The van der Waals surface area contributed by atoms with Gasteiger partial charge in [-0.3, -0.25) is 4.79 Å². The van der Waals surface area contributed by atoms with Gasteiger partial charge in [0.2, 0.25) is 0 Å². The first kappa shape index (κ1) is 17.0. The Morgan fingerprint density at radius 3 is 2.65 bits per heavy atom. The summed E-state index contributed by atoms with van der Waals surface area (Å²) in [6, 6.07) is 7.01. The average molecular weight is 317 g/mol. The third-order valence-corrected chi connectivity index (χ3v) is 3.50. The van der Waals surface area contributed by atoms with E-state index in [0.717, 1.165) is 5.75 Å². The number of carbonyl (C=O) groups excluding carboxylic acids is 1. The second-order valence-electron chi connectivity index (χ2n) is 6.32. The monoisotopic (exact) mass is 317 g/mol. The molecule has 0 spiro atoms. The second-order valence-corrected chi connectivity index (χ2v) is 6.32. The van der Waals surface area contributed by atoms with Gasteiger partial charge in [-0.05, 0) is 12.1 Å². The summed E-state index contributed by atoms with van der Waals surface area (Å²) in [7, 11) is 1.61. The second kappa shape index (κ2) is 7.26. The smallest absolute Gasteiger partial charge is 0.162 e. The van der Waals surface area contributed by atoms with Crippen LogP contribution >= 0.6 is 0 Å². The topological polar surface area (TPSA) is 66.2 Å². The fourth-order valence-electron chi connectivity index (χ4n) is 2.24. The van der Waals surface area contributed by atoms with Gasteiger partial charge in [0.05, 0.1) is 13.7 Å². The fourth-order valence-corrected chi connectivity index (χ4v) is 2.24. The van der Waals surface area contributed by atoms with Crippen LogP contribution in [0.25, 0.3) is 0 Å². The van der Waals surface area contributed by atoms with E-state index < -0.39 is 5.41 Å². The van der Waals surface area contributed by atoms with E-state index in [-0.39, 0.29) is 11.8 Å². The average Bonchev–Trinajstić information content (AvgIpc) is 3.04. The van der Waals surface area contributed by atoms with E-state index in [1.165, 1.54) is 6.33 Å². The molecule has 0 aliphatic carbocycles. The zero-order valence-electron chi connectivity index (χ0n) is 14.0. The fraction of sp³-hybridized carbons (Fsp3) is 0.471. The molecular weight excluding hydrogens is 294 g/mol. The van der Waals surface area contributed by atoms with Crippen molar-refractivity contribution in [1.82, 2.24) is 14.8 Å². The van der Waals surface area contributed by atoms with E-state index in [1.54, 1.807) is 18.1 Å². The highest BCUT2D eigenvalue weighted by Gasteiger charge is 2.31. The van der Waals surface area contributed by atoms with E-state index in [1.807, 2.05) is 45.0 Å². The largest absolute Gasteiger partial charge is 0.497 e.